The van der Waals surface area contributed by atoms with Crippen LogP contribution in [0.4, 0.5) is 5.95 Å². The van der Waals surface area contributed by atoms with Crippen molar-refractivity contribution < 1.29 is 0 Å². The Kier molecular flexibility index (Phi) is 5.50. The molecule has 1 aromatic rings. The molecule has 20 heavy (non-hydrogen) atoms. The van der Waals surface area contributed by atoms with Crippen molar-refractivity contribution in [3.63, 3.8) is 0 Å². The van der Waals surface area contributed by atoms with Crippen molar-refractivity contribution in [2.75, 3.05) is 11.9 Å². The van der Waals surface area contributed by atoms with Crippen LogP contribution in [0, 0.1) is 11.3 Å². The first-order chi connectivity index (χ1) is 9.65. The lowest BCUT2D eigenvalue weighted by Gasteiger charge is -2.32. The number of hydrogen-bond acceptors (Lipinski definition) is 2. The molecule has 0 aliphatic heterocycles. The van der Waals surface area contributed by atoms with Gasteiger partial charge in [-0.3, -0.25) is 0 Å². The van der Waals surface area contributed by atoms with Crippen LogP contribution in [0.3, 0.4) is 0 Å². The van der Waals surface area contributed by atoms with Gasteiger partial charge in [0.1, 0.15) is 0 Å². The summed E-state index contributed by atoms with van der Waals surface area (Å²) < 4.78 is 2.35. The van der Waals surface area contributed by atoms with E-state index in [1.165, 1.54) is 44.9 Å². The van der Waals surface area contributed by atoms with Crippen LogP contribution >= 0.6 is 0 Å². The number of anilines is 1. The van der Waals surface area contributed by atoms with E-state index in [0.29, 0.717) is 5.41 Å². The monoisotopic (exact) mass is 277 g/mol. The maximum Gasteiger partial charge on any atom is 0.202 e. The quantitative estimate of drug-likeness (QED) is 0.698. The highest BCUT2D eigenvalue weighted by Crippen LogP contribution is 2.44. The second-order valence-electron chi connectivity index (χ2n) is 6.96. The first kappa shape index (κ1) is 15.4. The van der Waals surface area contributed by atoms with Gasteiger partial charge in [-0.1, -0.05) is 40.0 Å². The standard InChI is InChI=1S/C17H31N3/c1-4-5-10-18-16-19-11-12-20(16)14-17(13-15(2)3)8-6-7-9-17/h11-12,15H,4-10,13-14H2,1-3H3,(H,18,19). The number of nitrogens with one attached hydrogen (secondary N) is 1. The molecule has 1 fully saturated rings. The molecule has 1 aliphatic rings. The van der Waals surface area contributed by atoms with E-state index in [0.717, 1.165) is 25.0 Å². The molecule has 1 saturated carbocycles. The molecule has 0 aromatic carbocycles. The van der Waals surface area contributed by atoms with Crippen molar-refractivity contribution in [1.82, 2.24) is 9.55 Å². The minimum Gasteiger partial charge on any atom is -0.356 e. The normalized spacial score (nSPS) is 17.8. The van der Waals surface area contributed by atoms with Crippen molar-refractivity contribution in [2.24, 2.45) is 11.3 Å². The minimum absolute atomic E-state index is 0.510. The number of imidazole rings is 1. The zero-order chi connectivity index (χ0) is 14.4. The molecule has 3 nitrogen and oxygen atoms in total. The fourth-order valence-electron chi connectivity index (χ4n) is 3.76. The molecule has 1 N–H and O–H groups in total. The molecule has 0 radical (unpaired) electrons. The summed E-state index contributed by atoms with van der Waals surface area (Å²) in [7, 11) is 0. The highest BCUT2D eigenvalue weighted by molar-refractivity contribution is 5.25. The summed E-state index contributed by atoms with van der Waals surface area (Å²) in [6.07, 6.45) is 13.4. The number of rotatable bonds is 8. The van der Waals surface area contributed by atoms with Crippen molar-refractivity contribution >= 4 is 5.95 Å². The Labute approximate surface area is 124 Å². The number of aromatic nitrogens is 2. The SMILES string of the molecule is CCCCNc1nccn1CC1(CC(C)C)CCCC1. The fraction of sp³-hybridized carbons (Fsp3) is 0.824. The summed E-state index contributed by atoms with van der Waals surface area (Å²) in [5, 5.41) is 3.49. The fourth-order valence-corrected chi connectivity index (χ4v) is 3.76. The molecular weight excluding hydrogens is 246 g/mol. The molecule has 0 amide bonds. The lowest BCUT2D eigenvalue weighted by Crippen LogP contribution is -2.26. The Morgan fingerprint density at radius 1 is 1.35 bits per heavy atom. The molecule has 1 heterocycles. The van der Waals surface area contributed by atoms with Gasteiger partial charge in [0, 0.05) is 25.5 Å². The summed E-state index contributed by atoms with van der Waals surface area (Å²) in [4.78, 5) is 4.49. The minimum atomic E-state index is 0.510. The summed E-state index contributed by atoms with van der Waals surface area (Å²) in [6.45, 7) is 9.11. The molecule has 1 aromatic heterocycles. The predicted octanol–water partition coefficient (Wildman–Crippen LogP) is 4.70. The zero-order valence-corrected chi connectivity index (χ0v) is 13.5. The van der Waals surface area contributed by atoms with Gasteiger partial charge in [-0.05, 0) is 37.0 Å². The second-order valence-corrected chi connectivity index (χ2v) is 6.96. The van der Waals surface area contributed by atoms with Gasteiger partial charge in [0.05, 0.1) is 0 Å². The van der Waals surface area contributed by atoms with E-state index in [1.807, 2.05) is 6.20 Å². The summed E-state index contributed by atoms with van der Waals surface area (Å²) in [6, 6.07) is 0. The van der Waals surface area contributed by atoms with Gasteiger partial charge < -0.3 is 9.88 Å². The van der Waals surface area contributed by atoms with E-state index in [-0.39, 0.29) is 0 Å². The van der Waals surface area contributed by atoms with Crippen molar-refractivity contribution in [2.45, 2.75) is 72.3 Å². The van der Waals surface area contributed by atoms with E-state index >= 15 is 0 Å². The van der Waals surface area contributed by atoms with Crippen LogP contribution in [0.25, 0.3) is 0 Å². The zero-order valence-electron chi connectivity index (χ0n) is 13.5. The van der Waals surface area contributed by atoms with Crippen LogP contribution in [0.2, 0.25) is 0 Å². The molecule has 3 heteroatoms. The van der Waals surface area contributed by atoms with Gasteiger partial charge in [0.25, 0.3) is 0 Å². The smallest absolute Gasteiger partial charge is 0.202 e. The van der Waals surface area contributed by atoms with Crippen LogP contribution in [-0.2, 0) is 6.54 Å². The van der Waals surface area contributed by atoms with Gasteiger partial charge in [-0.25, -0.2) is 4.98 Å². The second kappa shape index (κ2) is 7.14. The Bertz CT molecular complexity index is 389. The highest BCUT2D eigenvalue weighted by Gasteiger charge is 2.35. The molecule has 1 aliphatic carbocycles. The third kappa shape index (κ3) is 4.00. The molecule has 0 unspecified atom stereocenters. The van der Waals surface area contributed by atoms with Crippen molar-refractivity contribution in [3.05, 3.63) is 12.4 Å². The third-order valence-electron chi connectivity index (χ3n) is 4.54. The molecule has 0 spiro atoms. The summed E-state index contributed by atoms with van der Waals surface area (Å²) in [5.41, 5.74) is 0.510. The molecular formula is C17H31N3. The molecule has 114 valence electrons. The van der Waals surface area contributed by atoms with E-state index in [9.17, 15) is 0 Å². The van der Waals surface area contributed by atoms with Gasteiger partial charge in [-0.15, -0.1) is 0 Å². The first-order valence-electron chi connectivity index (χ1n) is 8.40. The topological polar surface area (TPSA) is 29.9 Å². The Morgan fingerprint density at radius 2 is 2.10 bits per heavy atom. The van der Waals surface area contributed by atoms with Crippen LogP contribution in [-0.4, -0.2) is 16.1 Å². The molecule has 0 bridgehead atoms. The lowest BCUT2D eigenvalue weighted by molar-refractivity contribution is 0.198. The Hall–Kier alpha value is -0.990. The largest absolute Gasteiger partial charge is 0.356 e. The summed E-state index contributed by atoms with van der Waals surface area (Å²) in [5.74, 6) is 1.85. The molecule has 0 atom stereocenters. The number of unbranched alkanes of at least 4 members (excludes halogenated alkanes) is 1. The van der Waals surface area contributed by atoms with E-state index in [2.05, 4.69) is 41.8 Å². The van der Waals surface area contributed by atoms with Crippen LogP contribution in [0.15, 0.2) is 12.4 Å². The molecule has 2 rings (SSSR count). The molecule has 0 saturated heterocycles. The van der Waals surface area contributed by atoms with Gasteiger partial charge >= 0.3 is 0 Å². The average Bonchev–Trinajstić information content (AvgIpc) is 3.00. The van der Waals surface area contributed by atoms with E-state index in [4.69, 9.17) is 0 Å². The van der Waals surface area contributed by atoms with Gasteiger partial charge in [0.15, 0.2) is 0 Å². The Balaban J connectivity index is 2.01. The first-order valence-corrected chi connectivity index (χ1v) is 8.40. The highest BCUT2D eigenvalue weighted by atomic mass is 15.2. The maximum atomic E-state index is 4.49. The average molecular weight is 277 g/mol. The lowest BCUT2D eigenvalue weighted by atomic mass is 9.78. The predicted molar refractivity (Wildman–Crippen MR) is 86.0 cm³/mol. The third-order valence-corrected chi connectivity index (χ3v) is 4.54. The van der Waals surface area contributed by atoms with Gasteiger partial charge in [0.2, 0.25) is 5.95 Å². The maximum absolute atomic E-state index is 4.49. The van der Waals surface area contributed by atoms with E-state index in [1.54, 1.807) is 0 Å². The van der Waals surface area contributed by atoms with Crippen LogP contribution in [0.5, 0.6) is 0 Å². The van der Waals surface area contributed by atoms with Crippen molar-refractivity contribution in [1.29, 1.82) is 0 Å². The van der Waals surface area contributed by atoms with Gasteiger partial charge in [-0.2, -0.15) is 0 Å². The number of hydrogen-bond donors (Lipinski definition) is 1. The van der Waals surface area contributed by atoms with Crippen LogP contribution < -0.4 is 5.32 Å². The number of nitrogens with zero attached hydrogens (tertiary/aromatic N) is 2. The van der Waals surface area contributed by atoms with E-state index < -0.39 is 0 Å². The summed E-state index contributed by atoms with van der Waals surface area (Å²) >= 11 is 0. The Morgan fingerprint density at radius 3 is 2.75 bits per heavy atom. The van der Waals surface area contributed by atoms with Crippen molar-refractivity contribution in [3.8, 4) is 0 Å². The van der Waals surface area contributed by atoms with Crippen LogP contribution in [0.1, 0.15) is 65.7 Å².